The third-order valence-electron chi connectivity index (χ3n) is 5.63. The van der Waals surface area contributed by atoms with Gasteiger partial charge >= 0.3 is 18.1 Å². The van der Waals surface area contributed by atoms with Crippen LogP contribution in [0, 0.1) is 5.82 Å². The van der Waals surface area contributed by atoms with E-state index >= 15 is 0 Å². The normalized spacial score (nSPS) is 11.5. The van der Waals surface area contributed by atoms with Crippen molar-refractivity contribution in [1.29, 1.82) is 0 Å². The molecule has 1 atom stereocenters. The molecule has 0 aliphatic heterocycles. The Balaban J connectivity index is 1.60. The highest BCUT2D eigenvalue weighted by atomic mass is 35.5. The fraction of sp³-hybridized carbons (Fsp3) is 0.320. The number of carbonyl (C=O) groups excluding carboxylic acids is 3. The first-order valence-electron chi connectivity index (χ1n) is 11.4. The van der Waals surface area contributed by atoms with Gasteiger partial charge in [-0.15, -0.1) is 0 Å². The van der Waals surface area contributed by atoms with Crippen LogP contribution in [0.15, 0.2) is 48.9 Å². The number of ether oxygens (including phenoxy) is 2. The highest BCUT2D eigenvalue weighted by molar-refractivity contribution is 6.31. The van der Waals surface area contributed by atoms with Crippen molar-refractivity contribution in [2.24, 2.45) is 0 Å². The Morgan fingerprint density at radius 3 is 2.78 bits per heavy atom. The minimum Gasteiger partial charge on any atom is -0.469 e. The zero-order valence-electron chi connectivity index (χ0n) is 20.4. The second kappa shape index (κ2) is 13.4. The summed E-state index contributed by atoms with van der Waals surface area (Å²) in [7, 11) is 2.83. The van der Waals surface area contributed by atoms with Crippen LogP contribution in [0.25, 0.3) is 10.8 Å². The van der Waals surface area contributed by atoms with Crippen LogP contribution in [0.3, 0.4) is 0 Å². The summed E-state index contributed by atoms with van der Waals surface area (Å²) in [4.78, 5) is 46.3. The van der Waals surface area contributed by atoms with Crippen LogP contribution in [0.5, 0.6) is 0 Å². The average Bonchev–Trinajstić information content (AvgIpc) is 2.90. The first-order chi connectivity index (χ1) is 17.8. The second-order valence-electron chi connectivity index (χ2n) is 8.12. The summed E-state index contributed by atoms with van der Waals surface area (Å²) in [6.45, 7) is -0.145. The van der Waals surface area contributed by atoms with Crippen LogP contribution in [0.1, 0.15) is 24.8 Å². The van der Waals surface area contributed by atoms with Gasteiger partial charge in [0.15, 0.2) is 0 Å². The molecule has 3 rings (SSSR count). The molecular formula is C25H27ClFN5O5. The van der Waals surface area contributed by atoms with Gasteiger partial charge < -0.3 is 19.7 Å². The van der Waals surface area contributed by atoms with Crippen molar-refractivity contribution in [3.05, 3.63) is 65.3 Å². The fourth-order valence-corrected chi connectivity index (χ4v) is 3.67. The van der Waals surface area contributed by atoms with E-state index in [4.69, 9.17) is 16.3 Å². The second-order valence-corrected chi connectivity index (χ2v) is 8.50. The number of hydrogen-bond acceptors (Lipinski definition) is 7. The summed E-state index contributed by atoms with van der Waals surface area (Å²) in [5, 5.41) is 6.83. The van der Waals surface area contributed by atoms with Gasteiger partial charge in [-0.25, -0.2) is 19.0 Å². The molecule has 1 aromatic carbocycles. The van der Waals surface area contributed by atoms with Crippen molar-refractivity contribution in [3.63, 3.8) is 0 Å². The lowest BCUT2D eigenvalue weighted by Gasteiger charge is -2.28. The number of pyridine rings is 2. The summed E-state index contributed by atoms with van der Waals surface area (Å²) in [6.07, 6.45) is 5.02. The molecule has 2 heterocycles. The molecule has 37 heavy (non-hydrogen) atoms. The molecule has 0 fully saturated rings. The van der Waals surface area contributed by atoms with Gasteiger partial charge in [-0.1, -0.05) is 23.7 Å². The molecule has 10 nitrogen and oxygen atoms in total. The Kier molecular flexibility index (Phi) is 9.96. The highest BCUT2D eigenvalue weighted by Gasteiger charge is 2.22. The van der Waals surface area contributed by atoms with Gasteiger partial charge in [0.2, 0.25) is 0 Å². The van der Waals surface area contributed by atoms with Gasteiger partial charge in [-0.3, -0.25) is 15.1 Å². The maximum absolute atomic E-state index is 13.7. The molecule has 3 aromatic rings. The van der Waals surface area contributed by atoms with E-state index in [1.54, 1.807) is 36.8 Å². The predicted octanol–water partition coefficient (Wildman–Crippen LogP) is 4.52. The Labute approximate surface area is 218 Å². The summed E-state index contributed by atoms with van der Waals surface area (Å²) in [5.41, 5.74) is 0.417. The number of amides is 3. The van der Waals surface area contributed by atoms with Crippen molar-refractivity contribution in [3.8, 4) is 0 Å². The van der Waals surface area contributed by atoms with Gasteiger partial charge in [-0.05, 0) is 42.0 Å². The molecular weight excluding hydrogens is 505 g/mol. The summed E-state index contributed by atoms with van der Waals surface area (Å²) in [6, 6.07) is 6.74. The number of methoxy groups -OCH3 is 1. The van der Waals surface area contributed by atoms with E-state index in [1.807, 2.05) is 0 Å². The molecule has 2 aromatic heterocycles. The maximum Gasteiger partial charge on any atom is 0.412 e. The lowest BCUT2D eigenvalue weighted by molar-refractivity contribution is -0.140. The first-order valence-corrected chi connectivity index (χ1v) is 11.8. The Morgan fingerprint density at radius 1 is 1.19 bits per heavy atom. The average molecular weight is 532 g/mol. The van der Waals surface area contributed by atoms with Crippen LogP contribution in [0.2, 0.25) is 5.02 Å². The van der Waals surface area contributed by atoms with Crippen molar-refractivity contribution in [2.75, 3.05) is 26.1 Å². The zero-order valence-corrected chi connectivity index (χ0v) is 21.1. The molecule has 0 radical (unpaired) electrons. The van der Waals surface area contributed by atoms with Crippen molar-refractivity contribution >= 4 is 46.3 Å². The Bertz CT molecular complexity index is 1260. The van der Waals surface area contributed by atoms with E-state index in [1.165, 1.54) is 31.2 Å². The first kappa shape index (κ1) is 27.6. The molecule has 12 heteroatoms. The monoisotopic (exact) mass is 531 g/mol. The number of urea groups is 1. The van der Waals surface area contributed by atoms with E-state index in [0.29, 0.717) is 24.2 Å². The molecule has 0 saturated carbocycles. The van der Waals surface area contributed by atoms with Gasteiger partial charge in [0, 0.05) is 44.0 Å². The number of nitrogens with zero attached hydrogens (tertiary/aromatic N) is 3. The number of halogens is 2. The van der Waals surface area contributed by atoms with E-state index in [0.717, 1.165) is 10.8 Å². The van der Waals surface area contributed by atoms with E-state index in [9.17, 15) is 18.8 Å². The van der Waals surface area contributed by atoms with Crippen molar-refractivity contribution in [1.82, 2.24) is 20.2 Å². The number of benzene rings is 1. The third kappa shape index (κ3) is 8.01. The third-order valence-corrected chi connectivity index (χ3v) is 6.06. The molecule has 0 spiro atoms. The van der Waals surface area contributed by atoms with Crippen LogP contribution in [0.4, 0.5) is 19.8 Å². The quantitative estimate of drug-likeness (QED) is 0.369. The summed E-state index contributed by atoms with van der Waals surface area (Å²) >= 11 is 5.96. The lowest BCUT2D eigenvalue weighted by Crippen LogP contribution is -2.46. The predicted molar refractivity (Wildman–Crippen MR) is 136 cm³/mol. The maximum atomic E-state index is 13.7. The SMILES string of the molecule is COC(=O)CCC[C@@H](COC(=O)Nc1cc2ccncc2cn1)N(C)C(=O)NCc1cccc(F)c1Cl. The lowest BCUT2D eigenvalue weighted by atomic mass is 10.1. The van der Waals surface area contributed by atoms with Crippen LogP contribution in [-0.2, 0) is 20.8 Å². The zero-order chi connectivity index (χ0) is 26.8. The Morgan fingerprint density at radius 2 is 2.00 bits per heavy atom. The topological polar surface area (TPSA) is 123 Å². The fourth-order valence-electron chi connectivity index (χ4n) is 3.48. The van der Waals surface area contributed by atoms with E-state index < -0.39 is 24.0 Å². The minimum atomic E-state index is -0.751. The number of nitrogens with one attached hydrogen (secondary N) is 2. The number of carbonyl (C=O) groups is 3. The van der Waals surface area contributed by atoms with E-state index in [2.05, 4.69) is 25.3 Å². The van der Waals surface area contributed by atoms with Gasteiger partial charge in [0.1, 0.15) is 18.2 Å². The molecule has 0 saturated heterocycles. The number of hydrogen-bond donors (Lipinski definition) is 2. The van der Waals surface area contributed by atoms with Gasteiger partial charge in [-0.2, -0.15) is 0 Å². The number of fused-ring (bicyclic) bond motifs is 1. The molecule has 0 aliphatic rings. The number of esters is 1. The number of aromatic nitrogens is 2. The summed E-state index contributed by atoms with van der Waals surface area (Å²) < 4.78 is 23.7. The van der Waals surface area contributed by atoms with Gasteiger partial charge in [0.05, 0.1) is 18.2 Å². The molecule has 196 valence electrons. The molecule has 2 N–H and O–H groups in total. The van der Waals surface area contributed by atoms with Crippen LogP contribution >= 0.6 is 11.6 Å². The molecule has 0 unspecified atom stereocenters. The van der Waals surface area contributed by atoms with Crippen molar-refractivity contribution in [2.45, 2.75) is 31.8 Å². The standard InChI is InChI=1S/C25H27ClFN5O5/c1-32(24(34)30-13-17-5-3-7-20(27)23(17)26)19(6-4-8-22(33)36-2)15-37-25(35)31-21-11-16-9-10-28-12-18(16)14-29-21/h3,5,7,9-12,14,19H,4,6,8,13,15H2,1-2H3,(H,30,34)(H,29,31,35)/t19-/m0/s1. The molecule has 0 bridgehead atoms. The number of likely N-dealkylation sites (N-methyl/N-ethyl adjacent to an activating group) is 1. The number of anilines is 1. The van der Waals surface area contributed by atoms with Crippen molar-refractivity contribution < 1.29 is 28.2 Å². The van der Waals surface area contributed by atoms with Crippen LogP contribution < -0.4 is 10.6 Å². The summed E-state index contributed by atoms with van der Waals surface area (Å²) in [5.74, 6) is -0.675. The smallest absolute Gasteiger partial charge is 0.412 e. The van der Waals surface area contributed by atoms with E-state index in [-0.39, 0.29) is 30.6 Å². The highest BCUT2D eigenvalue weighted by Crippen LogP contribution is 2.20. The molecule has 3 amide bonds. The van der Waals surface area contributed by atoms with Gasteiger partial charge in [0.25, 0.3) is 0 Å². The number of rotatable bonds is 10. The Hall–Kier alpha value is -3.99. The van der Waals surface area contributed by atoms with Crippen LogP contribution in [-0.4, -0.2) is 59.8 Å². The minimum absolute atomic E-state index is 0.000850. The largest absolute Gasteiger partial charge is 0.469 e. The molecule has 0 aliphatic carbocycles.